The monoisotopic (exact) mass is 387 g/mol. The van der Waals surface area contributed by atoms with E-state index in [-0.39, 0.29) is 11.9 Å². The third-order valence-electron chi connectivity index (χ3n) is 4.43. The third kappa shape index (κ3) is 3.20. The molecule has 2 aromatic carbocycles. The second kappa shape index (κ2) is 7.09. The molecule has 1 amide bonds. The lowest BCUT2D eigenvalue weighted by Gasteiger charge is -2.22. The molecule has 1 aliphatic rings. The number of likely N-dealkylation sites (tertiary alicyclic amines) is 1. The molecular formula is C19H15Cl2N3O2. The largest absolute Gasteiger partial charge is 0.337 e. The Bertz CT molecular complexity index is 957. The fourth-order valence-corrected chi connectivity index (χ4v) is 3.58. The van der Waals surface area contributed by atoms with Crippen LogP contribution >= 0.6 is 23.2 Å². The normalized spacial score (nSPS) is 16.8. The van der Waals surface area contributed by atoms with Crippen LogP contribution < -0.4 is 0 Å². The van der Waals surface area contributed by atoms with Gasteiger partial charge < -0.3 is 9.42 Å². The number of benzene rings is 2. The van der Waals surface area contributed by atoms with Crippen molar-refractivity contribution >= 4 is 29.1 Å². The van der Waals surface area contributed by atoms with Gasteiger partial charge in [-0.1, -0.05) is 52.6 Å². The lowest BCUT2D eigenvalue weighted by molar-refractivity contribution is 0.0710. The zero-order chi connectivity index (χ0) is 18.1. The van der Waals surface area contributed by atoms with E-state index in [1.807, 2.05) is 12.1 Å². The first kappa shape index (κ1) is 17.1. The summed E-state index contributed by atoms with van der Waals surface area (Å²) in [4.78, 5) is 19.1. The van der Waals surface area contributed by atoms with Crippen LogP contribution in [0.3, 0.4) is 0 Å². The molecule has 1 aromatic heterocycles. The van der Waals surface area contributed by atoms with Crippen molar-refractivity contribution in [2.75, 3.05) is 6.54 Å². The number of halogens is 2. The molecule has 1 aliphatic heterocycles. The SMILES string of the molecule is O=C(c1ccccc1Cl)N1CCCC1c1nc(-c2cccc(Cl)c2)no1. The first-order valence-electron chi connectivity index (χ1n) is 8.28. The van der Waals surface area contributed by atoms with Crippen molar-refractivity contribution in [2.45, 2.75) is 18.9 Å². The maximum atomic E-state index is 12.9. The molecule has 0 bridgehead atoms. The molecule has 4 rings (SSSR count). The molecule has 2 heterocycles. The van der Waals surface area contributed by atoms with Gasteiger partial charge in [0.1, 0.15) is 6.04 Å². The Hall–Kier alpha value is -2.37. The van der Waals surface area contributed by atoms with Crippen LogP contribution in [0.4, 0.5) is 0 Å². The highest BCUT2D eigenvalue weighted by atomic mass is 35.5. The Morgan fingerprint density at radius 1 is 1.15 bits per heavy atom. The Balaban J connectivity index is 1.61. The molecule has 1 saturated heterocycles. The second-order valence-corrected chi connectivity index (χ2v) is 6.95. The number of carbonyl (C=O) groups is 1. The van der Waals surface area contributed by atoms with Crippen LogP contribution in [0, 0.1) is 0 Å². The van der Waals surface area contributed by atoms with E-state index in [4.69, 9.17) is 27.7 Å². The van der Waals surface area contributed by atoms with Crippen LogP contribution in [0.15, 0.2) is 53.1 Å². The van der Waals surface area contributed by atoms with E-state index in [1.54, 1.807) is 41.3 Å². The predicted octanol–water partition coefficient (Wildman–Crippen LogP) is 5.02. The first-order chi connectivity index (χ1) is 12.6. The van der Waals surface area contributed by atoms with E-state index in [9.17, 15) is 4.79 Å². The average molecular weight is 388 g/mol. The highest BCUT2D eigenvalue weighted by Gasteiger charge is 2.35. The van der Waals surface area contributed by atoms with Crippen molar-refractivity contribution in [3.8, 4) is 11.4 Å². The number of hydrogen-bond acceptors (Lipinski definition) is 4. The predicted molar refractivity (Wildman–Crippen MR) is 99.2 cm³/mol. The van der Waals surface area contributed by atoms with Gasteiger partial charge in [-0.3, -0.25) is 4.79 Å². The molecule has 26 heavy (non-hydrogen) atoms. The van der Waals surface area contributed by atoms with Crippen LogP contribution in [0.2, 0.25) is 10.0 Å². The van der Waals surface area contributed by atoms with Crippen LogP contribution in [0.25, 0.3) is 11.4 Å². The molecule has 132 valence electrons. The Kier molecular flexibility index (Phi) is 4.66. The minimum absolute atomic E-state index is 0.124. The molecule has 0 N–H and O–H groups in total. The van der Waals surface area contributed by atoms with Gasteiger partial charge in [-0.25, -0.2) is 0 Å². The minimum Gasteiger partial charge on any atom is -0.337 e. The molecule has 1 atom stereocenters. The van der Waals surface area contributed by atoms with Crippen LogP contribution in [0.1, 0.15) is 35.1 Å². The van der Waals surface area contributed by atoms with Gasteiger partial charge in [0.2, 0.25) is 11.7 Å². The molecular weight excluding hydrogens is 373 g/mol. The number of aromatic nitrogens is 2. The number of hydrogen-bond donors (Lipinski definition) is 0. The molecule has 0 radical (unpaired) electrons. The number of carbonyl (C=O) groups excluding carboxylic acids is 1. The standard InChI is InChI=1S/C19H15Cl2N3O2/c20-13-6-3-5-12(11-13)17-22-18(26-23-17)16-9-4-10-24(16)19(25)14-7-1-2-8-15(14)21/h1-3,5-8,11,16H,4,9-10H2. The van der Waals surface area contributed by atoms with E-state index in [0.29, 0.717) is 33.9 Å². The van der Waals surface area contributed by atoms with Crippen molar-refractivity contribution in [2.24, 2.45) is 0 Å². The smallest absolute Gasteiger partial charge is 0.256 e. The molecule has 7 heteroatoms. The second-order valence-electron chi connectivity index (χ2n) is 6.10. The Morgan fingerprint density at radius 3 is 2.81 bits per heavy atom. The fraction of sp³-hybridized carbons (Fsp3) is 0.211. The molecule has 0 saturated carbocycles. The number of nitrogens with zero attached hydrogens (tertiary/aromatic N) is 3. The van der Waals surface area contributed by atoms with Crippen molar-refractivity contribution in [1.82, 2.24) is 15.0 Å². The summed E-state index contributed by atoms with van der Waals surface area (Å²) in [6.07, 6.45) is 1.64. The van der Waals surface area contributed by atoms with E-state index in [0.717, 1.165) is 18.4 Å². The molecule has 1 fully saturated rings. The summed E-state index contributed by atoms with van der Waals surface area (Å²) < 4.78 is 5.46. The van der Waals surface area contributed by atoms with Crippen LogP contribution in [0.5, 0.6) is 0 Å². The highest BCUT2D eigenvalue weighted by Crippen LogP contribution is 2.34. The average Bonchev–Trinajstić information content (AvgIpc) is 3.31. The van der Waals surface area contributed by atoms with Crippen molar-refractivity contribution in [3.05, 3.63) is 70.0 Å². The Labute approximate surface area is 160 Å². The van der Waals surface area contributed by atoms with Crippen molar-refractivity contribution < 1.29 is 9.32 Å². The minimum atomic E-state index is -0.251. The summed E-state index contributed by atoms with van der Waals surface area (Å²) in [6.45, 7) is 0.629. The highest BCUT2D eigenvalue weighted by molar-refractivity contribution is 6.33. The van der Waals surface area contributed by atoms with Crippen LogP contribution in [-0.2, 0) is 0 Å². The van der Waals surface area contributed by atoms with E-state index in [2.05, 4.69) is 10.1 Å². The van der Waals surface area contributed by atoms with Gasteiger partial charge in [0.05, 0.1) is 10.6 Å². The Morgan fingerprint density at radius 2 is 2.00 bits per heavy atom. The van der Waals surface area contributed by atoms with E-state index < -0.39 is 0 Å². The maximum Gasteiger partial charge on any atom is 0.256 e. The summed E-state index contributed by atoms with van der Waals surface area (Å²) in [5.74, 6) is 0.762. The van der Waals surface area contributed by atoms with Crippen LogP contribution in [-0.4, -0.2) is 27.5 Å². The fourth-order valence-electron chi connectivity index (χ4n) is 3.17. The lowest BCUT2D eigenvalue weighted by Crippen LogP contribution is -2.30. The summed E-state index contributed by atoms with van der Waals surface area (Å²) in [6, 6.07) is 14.0. The van der Waals surface area contributed by atoms with E-state index in [1.165, 1.54) is 0 Å². The zero-order valence-corrected chi connectivity index (χ0v) is 15.2. The zero-order valence-electron chi connectivity index (χ0n) is 13.7. The third-order valence-corrected chi connectivity index (χ3v) is 4.99. The van der Waals surface area contributed by atoms with Gasteiger partial charge in [0.25, 0.3) is 5.91 Å². The van der Waals surface area contributed by atoms with E-state index >= 15 is 0 Å². The summed E-state index contributed by atoms with van der Waals surface area (Å²) in [5.41, 5.74) is 1.25. The van der Waals surface area contributed by atoms with Crippen molar-refractivity contribution in [1.29, 1.82) is 0 Å². The quantitative estimate of drug-likeness (QED) is 0.632. The molecule has 1 unspecified atom stereocenters. The summed E-state index contributed by atoms with van der Waals surface area (Å²) in [7, 11) is 0. The number of rotatable bonds is 3. The van der Waals surface area contributed by atoms with Crippen molar-refractivity contribution in [3.63, 3.8) is 0 Å². The topological polar surface area (TPSA) is 59.2 Å². The molecule has 5 nitrogen and oxygen atoms in total. The summed E-state index contributed by atoms with van der Waals surface area (Å²) >= 11 is 12.2. The molecule has 0 aliphatic carbocycles. The van der Waals surface area contributed by atoms with Gasteiger partial charge in [0, 0.05) is 17.1 Å². The van der Waals surface area contributed by atoms with Gasteiger partial charge in [-0.15, -0.1) is 0 Å². The molecule has 0 spiro atoms. The first-order valence-corrected chi connectivity index (χ1v) is 9.04. The lowest BCUT2D eigenvalue weighted by atomic mass is 10.1. The number of amides is 1. The van der Waals surface area contributed by atoms with Gasteiger partial charge in [-0.05, 0) is 37.1 Å². The maximum absolute atomic E-state index is 12.9. The summed E-state index contributed by atoms with van der Waals surface area (Å²) in [5, 5.41) is 5.09. The van der Waals surface area contributed by atoms with Gasteiger partial charge >= 0.3 is 0 Å². The van der Waals surface area contributed by atoms with Gasteiger partial charge in [0.15, 0.2) is 0 Å². The molecule has 3 aromatic rings. The van der Waals surface area contributed by atoms with Gasteiger partial charge in [-0.2, -0.15) is 4.98 Å².